The first-order valence-corrected chi connectivity index (χ1v) is 5.55. The minimum Gasteiger partial charge on any atom is -0.437 e. The van der Waals surface area contributed by atoms with Gasteiger partial charge in [0.2, 0.25) is 0 Å². The molecule has 11 nitrogen and oxygen atoms in total. The molecule has 21 heavy (non-hydrogen) atoms. The Balaban J connectivity index is 3.44. The summed E-state index contributed by atoms with van der Waals surface area (Å²) in [6, 6.07) is 0. The Kier molecular flexibility index (Phi) is 9.91. The zero-order chi connectivity index (χ0) is 16.1. The van der Waals surface area contributed by atoms with Crippen LogP contribution in [0.4, 0.5) is 19.2 Å². The molecule has 0 bridgehead atoms. The third kappa shape index (κ3) is 11.0. The predicted molar refractivity (Wildman–Crippen MR) is 62.5 cm³/mol. The summed E-state index contributed by atoms with van der Waals surface area (Å²) >= 11 is 0. The van der Waals surface area contributed by atoms with E-state index in [0.717, 1.165) is 14.2 Å². The van der Waals surface area contributed by atoms with E-state index in [2.05, 4.69) is 33.7 Å². The molecular formula is C10H15NO10. The van der Waals surface area contributed by atoms with Gasteiger partial charge < -0.3 is 33.7 Å². The van der Waals surface area contributed by atoms with Gasteiger partial charge in [0.15, 0.2) is 0 Å². The molecule has 0 aliphatic heterocycles. The van der Waals surface area contributed by atoms with Crippen LogP contribution in [-0.2, 0) is 28.4 Å². The number of ether oxygens (including phenoxy) is 6. The number of hydrogen-bond acceptors (Lipinski definition) is 11. The lowest BCUT2D eigenvalue weighted by molar-refractivity contribution is 0.0450. The van der Waals surface area contributed by atoms with Crippen LogP contribution in [-0.4, -0.2) is 65.1 Å². The topological polar surface area (TPSA) is 136 Å². The summed E-state index contributed by atoms with van der Waals surface area (Å²) in [5.74, 6) is 0. The number of nitrogens with one attached hydrogen (secondary N) is 1. The fourth-order valence-electron chi connectivity index (χ4n) is 0.816. The lowest BCUT2D eigenvalue weighted by atomic mass is 10.6. The molecule has 120 valence electrons. The van der Waals surface area contributed by atoms with Gasteiger partial charge in [0.25, 0.3) is 0 Å². The van der Waals surface area contributed by atoms with Crippen molar-refractivity contribution in [3.8, 4) is 0 Å². The third-order valence-corrected chi connectivity index (χ3v) is 1.66. The van der Waals surface area contributed by atoms with Gasteiger partial charge in [-0.05, 0) is 0 Å². The van der Waals surface area contributed by atoms with Gasteiger partial charge in [0.05, 0.1) is 14.2 Å². The van der Waals surface area contributed by atoms with Crippen LogP contribution >= 0.6 is 0 Å². The van der Waals surface area contributed by atoms with E-state index in [1.807, 2.05) is 0 Å². The fourth-order valence-corrected chi connectivity index (χ4v) is 0.816. The second kappa shape index (κ2) is 11.3. The molecule has 0 aromatic carbocycles. The minimum atomic E-state index is -1.19. The number of carbonyl (C=O) groups excluding carboxylic acids is 4. The van der Waals surface area contributed by atoms with E-state index in [-0.39, 0.29) is 26.3 Å². The van der Waals surface area contributed by atoms with Crippen LogP contribution in [0, 0.1) is 0 Å². The smallest absolute Gasteiger partial charge is 0.437 e. The molecule has 0 atom stereocenters. The first-order chi connectivity index (χ1) is 9.99. The molecule has 0 saturated heterocycles. The largest absolute Gasteiger partial charge is 0.518 e. The molecule has 0 rings (SSSR count). The summed E-state index contributed by atoms with van der Waals surface area (Å²) in [4.78, 5) is 42.6. The highest BCUT2D eigenvalue weighted by Crippen LogP contribution is 1.89. The predicted octanol–water partition coefficient (Wildman–Crippen LogP) is 0.415. The van der Waals surface area contributed by atoms with E-state index >= 15 is 0 Å². The average molecular weight is 309 g/mol. The molecule has 0 aromatic rings. The molecule has 0 heterocycles. The Morgan fingerprint density at radius 3 is 1.43 bits per heavy atom. The van der Waals surface area contributed by atoms with Crippen molar-refractivity contribution < 1.29 is 47.6 Å². The summed E-state index contributed by atoms with van der Waals surface area (Å²) in [5, 5.41) is 2.73. The van der Waals surface area contributed by atoms with Crippen molar-refractivity contribution in [2.45, 2.75) is 0 Å². The summed E-state index contributed by atoms with van der Waals surface area (Å²) in [7, 11) is 2.09. The second-order valence-corrected chi connectivity index (χ2v) is 3.06. The van der Waals surface area contributed by atoms with Crippen molar-refractivity contribution >= 4 is 24.6 Å². The molecule has 0 unspecified atom stereocenters. The molecule has 1 N–H and O–H groups in total. The average Bonchev–Trinajstić information content (AvgIpc) is 2.45. The maximum Gasteiger partial charge on any atom is 0.518 e. The standard InChI is InChI=1S/C10H15NO10/c1-16-7(12)20-9(14)18-5-3-11-4-6-19-10(15)21-8(13)17-2/h11H,3-6H2,1-2H3. The first kappa shape index (κ1) is 18.4. The first-order valence-electron chi connectivity index (χ1n) is 5.55. The maximum atomic E-state index is 10.8. The monoisotopic (exact) mass is 309 g/mol. The summed E-state index contributed by atoms with van der Waals surface area (Å²) in [5.41, 5.74) is 0. The Bertz CT molecular complexity index is 335. The molecule has 0 radical (unpaired) electrons. The van der Waals surface area contributed by atoms with Gasteiger partial charge in [-0.1, -0.05) is 0 Å². The van der Waals surface area contributed by atoms with Gasteiger partial charge >= 0.3 is 24.6 Å². The van der Waals surface area contributed by atoms with Crippen LogP contribution in [0.2, 0.25) is 0 Å². The molecule has 0 spiro atoms. The SMILES string of the molecule is COC(=O)OC(=O)OCCNCCOC(=O)OC(=O)OC. The van der Waals surface area contributed by atoms with Crippen LogP contribution in [0.3, 0.4) is 0 Å². The Labute approximate surface area is 119 Å². The van der Waals surface area contributed by atoms with Crippen LogP contribution < -0.4 is 5.32 Å². The van der Waals surface area contributed by atoms with Gasteiger partial charge in [-0.15, -0.1) is 0 Å². The zero-order valence-corrected chi connectivity index (χ0v) is 11.4. The van der Waals surface area contributed by atoms with E-state index in [1.54, 1.807) is 0 Å². The van der Waals surface area contributed by atoms with Crippen LogP contribution in [0.5, 0.6) is 0 Å². The van der Waals surface area contributed by atoms with Gasteiger partial charge in [-0.2, -0.15) is 0 Å². The molecule has 0 amide bonds. The van der Waals surface area contributed by atoms with Crippen LogP contribution in [0.15, 0.2) is 0 Å². The molecule has 0 aromatic heterocycles. The Hall–Kier alpha value is -2.56. The number of carbonyl (C=O) groups is 4. The third-order valence-electron chi connectivity index (χ3n) is 1.66. The molecule has 0 saturated carbocycles. The van der Waals surface area contributed by atoms with Gasteiger partial charge in [-0.25, -0.2) is 19.2 Å². The van der Waals surface area contributed by atoms with Crippen LogP contribution in [0.25, 0.3) is 0 Å². The molecule has 0 fully saturated rings. The highest BCUT2D eigenvalue weighted by Gasteiger charge is 2.12. The number of methoxy groups -OCH3 is 2. The fraction of sp³-hybridized carbons (Fsp3) is 0.600. The normalized spacial score (nSPS) is 9.24. The van der Waals surface area contributed by atoms with Crippen molar-refractivity contribution in [2.24, 2.45) is 0 Å². The van der Waals surface area contributed by atoms with Crippen molar-refractivity contribution in [3.63, 3.8) is 0 Å². The Morgan fingerprint density at radius 2 is 1.10 bits per heavy atom. The molecular weight excluding hydrogens is 294 g/mol. The lowest BCUT2D eigenvalue weighted by Gasteiger charge is -2.06. The van der Waals surface area contributed by atoms with Crippen molar-refractivity contribution in [3.05, 3.63) is 0 Å². The summed E-state index contributed by atoms with van der Waals surface area (Å²) in [6.45, 7) is 0.266. The molecule has 0 aliphatic carbocycles. The summed E-state index contributed by atoms with van der Waals surface area (Å²) in [6.07, 6.45) is -4.74. The van der Waals surface area contributed by atoms with Gasteiger partial charge in [-0.3, -0.25) is 0 Å². The number of hydrogen-bond donors (Lipinski definition) is 1. The highest BCUT2D eigenvalue weighted by molar-refractivity contribution is 5.77. The molecule has 0 aliphatic rings. The molecule has 11 heteroatoms. The summed E-state index contributed by atoms with van der Waals surface area (Å²) < 4.78 is 25.2. The van der Waals surface area contributed by atoms with E-state index in [1.165, 1.54) is 0 Å². The van der Waals surface area contributed by atoms with E-state index < -0.39 is 24.6 Å². The van der Waals surface area contributed by atoms with Gasteiger partial charge in [0, 0.05) is 13.1 Å². The van der Waals surface area contributed by atoms with Crippen molar-refractivity contribution in [2.75, 3.05) is 40.5 Å². The lowest BCUT2D eigenvalue weighted by Crippen LogP contribution is -2.27. The van der Waals surface area contributed by atoms with E-state index in [9.17, 15) is 19.2 Å². The number of rotatable bonds is 6. The maximum absolute atomic E-state index is 10.8. The van der Waals surface area contributed by atoms with Crippen molar-refractivity contribution in [1.82, 2.24) is 5.32 Å². The quantitative estimate of drug-likeness (QED) is 0.316. The second-order valence-electron chi connectivity index (χ2n) is 3.06. The minimum absolute atomic E-state index is 0.0809. The van der Waals surface area contributed by atoms with Crippen LogP contribution in [0.1, 0.15) is 0 Å². The Morgan fingerprint density at radius 1 is 0.714 bits per heavy atom. The highest BCUT2D eigenvalue weighted by atomic mass is 16.8. The van der Waals surface area contributed by atoms with E-state index in [4.69, 9.17) is 0 Å². The zero-order valence-electron chi connectivity index (χ0n) is 11.4. The van der Waals surface area contributed by atoms with Crippen molar-refractivity contribution in [1.29, 1.82) is 0 Å². The van der Waals surface area contributed by atoms with E-state index in [0.29, 0.717) is 0 Å². The van der Waals surface area contributed by atoms with Gasteiger partial charge in [0.1, 0.15) is 13.2 Å².